The topological polar surface area (TPSA) is 40.5 Å². The van der Waals surface area contributed by atoms with Crippen LogP contribution in [0.5, 0.6) is 0 Å². The molecule has 2 nitrogen and oxygen atoms in total. The van der Waals surface area contributed by atoms with E-state index in [1.807, 2.05) is 42.5 Å². The molecule has 0 aliphatic heterocycles. The first-order chi connectivity index (χ1) is 15.9. The van der Waals surface area contributed by atoms with Crippen molar-refractivity contribution in [2.24, 2.45) is 0 Å². The predicted octanol–water partition coefficient (Wildman–Crippen LogP) is 6.14. The maximum absolute atomic E-state index is 12.6. The summed E-state index contributed by atoms with van der Waals surface area (Å²) < 4.78 is 0. The predicted molar refractivity (Wildman–Crippen MR) is 146 cm³/mol. The summed E-state index contributed by atoms with van der Waals surface area (Å²) in [5.74, 6) is 0. The molecule has 0 unspecified atom stereocenters. The number of hydrogen-bond acceptors (Lipinski definition) is 2. The van der Waals surface area contributed by atoms with Crippen LogP contribution in [-0.4, -0.2) is 9.79 Å². The summed E-state index contributed by atoms with van der Waals surface area (Å²) in [6.07, 6.45) is 8.26. The monoisotopic (exact) mass is 464 g/mol. The second kappa shape index (κ2) is 11.0. The van der Waals surface area contributed by atoms with E-state index in [-0.39, 0.29) is 0 Å². The van der Waals surface area contributed by atoms with Gasteiger partial charge in [-0.05, 0) is 0 Å². The van der Waals surface area contributed by atoms with E-state index in [9.17, 15) is 9.79 Å². The van der Waals surface area contributed by atoms with Gasteiger partial charge in [-0.25, -0.2) is 0 Å². The van der Waals surface area contributed by atoms with E-state index in [4.69, 9.17) is 0 Å². The average molecular weight is 465 g/mol. The van der Waals surface area contributed by atoms with Crippen molar-refractivity contribution < 1.29 is 9.79 Å². The molecule has 0 bridgehead atoms. The van der Waals surface area contributed by atoms with Crippen LogP contribution in [0.4, 0.5) is 0 Å². The summed E-state index contributed by atoms with van der Waals surface area (Å²) in [7, 11) is -4.60. The van der Waals surface area contributed by atoms with Crippen LogP contribution in [0.3, 0.4) is 0 Å². The molecule has 0 heterocycles. The number of benzene rings is 3. The fourth-order valence-electron chi connectivity index (χ4n) is 4.80. The van der Waals surface area contributed by atoms with Crippen LogP contribution in [-0.2, 0) is 25.7 Å². The molecule has 2 N–H and O–H groups in total. The molecule has 0 aliphatic rings. The summed E-state index contributed by atoms with van der Waals surface area (Å²) >= 11 is 0. The molecule has 0 atom stereocenters. The Morgan fingerprint density at radius 2 is 1.00 bits per heavy atom. The molecule has 33 heavy (non-hydrogen) atoms. The van der Waals surface area contributed by atoms with Crippen LogP contribution < -0.4 is 15.9 Å². The van der Waals surface area contributed by atoms with Gasteiger partial charge in [0.15, 0.2) is 0 Å². The molecule has 0 radical (unpaired) electrons. The number of aryl methyl sites for hydroxylation is 4. The molecule has 0 saturated carbocycles. The van der Waals surface area contributed by atoms with Crippen LogP contribution in [0, 0.1) is 0 Å². The average Bonchev–Trinajstić information content (AvgIpc) is 2.86. The first kappa shape index (κ1) is 25.6. The third-order valence-electron chi connectivity index (χ3n) is 6.96. The van der Waals surface area contributed by atoms with Gasteiger partial charge < -0.3 is 0 Å². The molecule has 3 heteroatoms. The van der Waals surface area contributed by atoms with Crippen molar-refractivity contribution in [1.29, 1.82) is 0 Å². The Morgan fingerprint density at radius 3 is 1.39 bits per heavy atom. The summed E-state index contributed by atoms with van der Waals surface area (Å²) in [5.41, 5.74) is 5.06. The zero-order valence-electron chi connectivity index (χ0n) is 20.8. The van der Waals surface area contributed by atoms with E-state index in [1.54, 1.807) is 0 Å². The van der Waals surface area contributed by atoms with Crippen molar-refractivity contribution >= 4 is 23.0 Å². The summed E-state index contributed by atoms with van der Waals surface area (Å²) in [6, 6.07) is 21.8. The molecule has 0 aromatic heterocycles. The van der Waals surface area contributed by atoms with E-state index < -0.39 is 7.06 Å². The normalized spacial score (nSPS) is 13.0. The molecule has 178 valence electrons. The fourth-order valence-corrected chi connectivity index (χ4v) is 7.95. The maximum atomic E-state index is 12.6. The molecule has 0 saturated heterocycles. The number of unbranched alkanes of at least 4 members (excludes halogenated alkanes) is 2. The van der Waals surface area contributed by atoms with E-state index >= 15 is 0 Å². The zero-order chi connectivity index (χ0) is 23.9. The van der Waals surface area contributed by atoms with E-state index in [2.05, 4.69) is 52.0 Å². The molecule has 3 aromatic rings. The standard InChI is InChI=1S/C30H41O2P/c1-5-9-14-26-22-29(20-18-24(26)7-3)33(31,32,28-16-12-11-13-17-28)30-21-19-25(8-4)27(23-30)15-10-6-2/h11-13,16-23,31-32H,5-10,14-15H2,1-4H3. The van der Waals surface area contributed by atoms with Crippen molar-refractivity contribution in [3.8, 4) is 0 Å². The quantitative estimate of drug-likeness (QED) is 0.335. The Hall–Kier alpha value is -1.99. The van der Waals surface area contributed by atoms with Crippen LogP contribution in [0.25, 0.3) is 0 Å². The van der Waals surface area contributed by atoms with Gasteiger partial charge in [0.2, 0.25) is 0 Å². The van der Waals surface area contributed by atoms with Gasteiger partial charge in [-0.2, -0.15) is 0 Å². The molecule has 0 amide bonds. The SMILES string of the molecule is CCCCc1cc(P(O)(O)(c2ccccc2)c2ccc(CC)c(CCCC)c2)ccc1CC. The van der Waals surface area contributed by atoms with E-state index in [0.717, 1.165) is 51.4 Å². The van der Waals surface area contributed by atoms with Crippen molar-refractivity contribution in [3.05, 3.63) is 89.0 Å². The second-order valence-electron chi connectivity index (χ2n) is 9.18. The van der Waals surface area contributed by atoms with Gasteiger partial charge in [-0.3, -0.25) is 0 Å². The third kappa shape index (κ3) is 5.09. The van der Waals surface area contributed by atoms with Gasteiger partial charge >= 0.3 is 201 Å². The third-order valence-corrected chi connectivity index (χ3v) is 10.8. The van der Waals surface area contributed by atoms with Gasteiger partial charge in [0.1, 0.15) is 0 Å². The first-order valence-corrected chi connectivity index (χ1v) is 14.8. The molecule has 0 spiro atoms. The Morgan fingerprint density at radius 1 is 0.545 bits per heavy atom. The molecule has 3 aromatic carbocycles. The van der Waals surface area contributed by atoms with E-state index in [0.29, 0.717) is 15.9 Å². The molecular formula is C30H41O2P. The number of hydrogen-bond donors (Lipinski definition) is 2. The molecular weight excluding hydrogens is 423 g/mol. The van der Waals surface area contributed by atoms with E-state index in [1.165, 1.54) is 22.3 Å². The Kier molecular flexibility index (Phi) is 8.51. The minimum atomic E-state index is -4.60. The van der Waals surface area contributed by atoms with Crippen molar-refractivity contribution in [1.82, 2.24) is 0 Å². The van der Waals surface area contributed by atoms with Crippen LogP contribution in [0.2, 0.25) is 0 Å². The first-order valence-electron chi connectivity index (χ1n) is 12.7. The number of rotatable bonds is 11. The van der Waals surface area contributed by atoms with Crippen LogP contribution in [0.15, 0.2) is 66.7 Å². The summed E-state index contributed by atoms with van der Waals surface area (Å²) in [5, 5.41) is 1.88. The molecule has 0 aliphatic carbocycles. The van der Waals surface area contributed by atoms with Gasteiger partial charge in [0, 0.05) is 0 Å². The Labute approximate surface area is 200 Å². The Balaban J connectivity index is 2.28. The van der Waals surface area contributed by atoms with Gasteiger partial charge in [-0.15, -0.1) is 0 Å². The van der Waals surface area contributed by atoms with Crippen LogP contribution >= 0.6 is 7.06 Å². The molecule has 3 rings (SSSR count). The molecule has 0 fully saturated rings. The van der Waals surface area contributed by atoms with Gasteiger partial charge in [0.25, 0.3) is 0 Å². The van der Waals surface area contributed by atoms with Crippen LogP contribution in [0.1, 0.15) is 75.6 Å². The van der Waals surface area contributed by atoms with Gasteiger partial charge in [-0.1, -0.05) is 0 Å². The van der Waals surface area contributed by atoms with Crippen molar-refractivity contribution in [2.45, 2.75) is 79.1 Å². The zero-order valence-corrected chi connectivity index (χ0v) is 21.7. The summed E-state index contributed by atoms with van der Waals surface area (Å²) in [6.45, 7) is 8.74. The fraction of sp³-hybridized carbons (Fsp3) is 0.400. The summed E-state index contributed by atoms with van der Waals surface area (Å²) in [4.78, 5) is 25.2. The van der Waals surface area contributed by atoms with Crippen molar-refractivity contribution in [2.75, 3.05) is 0 Å². The minimum absolute atomic E-state index is 0.597. The second-order valence-corrected chi connectivity index (χ2v) is 12.8. The Bertz CT molecular complexity index is 993. The van der Waals surface area contributed by atoms with Gasteiger partial charge in [0.05, 0.1) is 0 Å². The van der Waals surface area contributed by atoms with Crippen molar-refractivity contribution in [3.63, 3.8) is 0 Å².